The summed E-state index contributed by atoms with van der Waals surface area (Å²) >= 11 is 9.41. The standard InChI is InChI=1S/C20H18ClN3O2S2/c1-11-4-6-28-18(11)19(25)23-10-14-8-13-7-12(9-15(21)17(13)26-14)16-3-5-22-20(24-16)27-2/h3-7,9,14H,8,10H2,1-2H3,(H,23,25). The average Bonchev–Trinajstić information content (AvgIpc) is 3.32. The number of aromatic nitrogens is 2. The molecule has 2 aromatic heterocycles. The molecule has 1 aliphatic rings. The van der Waals surface area contributed by atoms with Crippen LogP contribution in [-0.2, 0) is 6.42 Å². The van der Waals surface area contributed by atoms with E-state index in [9.17, 15) is 4.79 Å². The van der Waals surface area contributed by atoms with E-state index in [2.05, 4.69) is 21.4 Å². The van der Waals surface area contributed by atoms with Gasteiger partial charge in [-0.05, 0) is 48.4 Å². The second-order valence-corrected chi connectivity index (χ2v) is 8.56. The molecule has 0 saturated carbocycles. The summed E-state index contributed by atoms with van der Waals surface area (Å²) in [6.07, 6.45) is 4.24. The largest absolute Gasteiger partial charge is 0.486 e. The zero-order chi connectivity index (χ0) is 19.7. The number of thiophene rings is 1. The molecule has 0 saturated heterocycles. The fourth-order valence-corrected chi connectivity index (χ4v) is 4.62. The molecule has 0 spiro atoms. The van der Waals surface area contributed by atoms with Crippen molar-refractivity contribution >= 4 is 40.6 Å². The van der Waals surface area contributed by atoms with Crippen LogP contribution < -0.4 is 10.1 Å². The second kappa shape index (κ2) is 8.11. The van der Waals surface area contributed by atoms with Crippen LogP contribution in [0.15, 0.2) is 41.0 Å². The lowest BCUT2D eigenvalue weighted by molar-refractivity contribution is 0.0937. The predicted octanol–water partition coefficient (Wildman–Crippen LogP) is 4.62. The van der Waals surface area contributed by atoms with Gasteiger partial charge in [-0.25, -0.2) is 9.97 Å². The molecule has 8 heteroatoms. The Morgan fingerprint density at radius 2 is 2.29 bits per heavy atom. The summed E-state index contributed by atoms with van der Waals surface area (Å²) in [6, 6.07) is 7.73. The summed E-state index contributed by atoms with van der Waals surface area (Å²) in [5, 5.41) is 6.16. The van der Waals surface area contributed by atoms with Gasteiger partial charge in [0.25, 0.3) is 5.91 Å². The fraction of sp³-hybridized carbons (Fsp3) is 0.250. The number of fused-ring (bicyclic) bond motifs is 1. The van der Waals surface area contributed by atoms with Crippen LogP contribution in [0, 0.1) is 6.92 Å². The van der Waals surface area contributed by atoms with Crippen LogP contribution in [0.3, 0.4) is 0 Å². The predicted molar refractivity (Wildman–Crippen MR) is 114 cm³/mol. The highest BCUT2D eigenvalue weighted by Gasteiger charge is 2.27. The van der Waals surface area contributed by atoms with Gasteiger partial charge in [-0.15, -0.1) is 11.3 Å². The number of nitrogens with one attached hydrogen (secondary N) is 1. The lowest BCUT2D eigenvalue weighted by Crippen LogP contribution is -2.34. The Kier molecular flexibility index (Phi) is 5.57. The first kappa shape index (κ1) is 19.2. The monoisotopic (exact) mass is 431 g/mol. The molecule has 1 aliphatic heterocycles. The van der Waals surface area contributed by atoms with Gasteiger partial charge in [-0.3, -0.25) is 4.79 Å². The van der Waals surface area contributed by atoms with E-state index in [0.29, 0.717) is 23.7 Å². The van der Waals surface area contributed by atoms with Crippen LogP contribution in [0.25, 0.3) is 11.3 Å². The number of nitrogens with zero attached hydrogens (tertiary/aromatic N) is 2. The molecule has 1 N–H and O–H groups in total. The molecule has 28 heavy (non-hydrogen) atoms. The van der Waals surface area contributed by atoms with Gasteiger partial charge < -0.3 is 10.1 Å². The molecule has 3 aromatic rings. The molecule has 0 bridgehead atoms. The van der Waals surface area contributed by atoms with Crippen LogP contribution in [0.2, 0.25) is 5.02 Å². The Hall–Kier alpha value is -2.09. The van der Waals surface area contributed by atoms with Crippen molar-refractivity contribution < 1.29 is 9.53 Å². The van der Waals surface area contributed by atoms with E-state index in [0.717, 1.165) is 32.4 Å². The average molecular weight is 432 g/mol. The number of rotatable bonds is 5. The maximum Gasteiger partial charge on any atom is 0.261 e. The number of hydrogen-bond donors (Lipinski definition) is 1. The maximum atomic E-state index is 12.3. The molecule has 0 aliphatic carbocycles. The van der Waals surface area contributed by atoms with Crippen LogP contribution in [-0.4, -0.2) is 34.8 Å². The van der Waals surface area contributed by atoms with Crippen LogP contribution in [0.5, 0.6) is 5.75 Å². The van der Waals surface area contributed by atoms with Crippen LogP contribution in [0.4, 0.5) is 0 Å². The third kappa shape index (κ3) is 3.87. The highest BCUT2D eigenvalue weighted by molar-refractivity contribution is 7.98. The SMILES string of the molecule is CSc1nccc(-c2cc(Cl)c3c(c2)CC(CNC(=O)c2sccc2C)O3)n1. The number of halogens is 1. The van der Waals surface area contributed by atoms with Crippen molar-refractivity contribution in [3.63, 3.8) is 0 Å². The Morgan fingerprint density at radius 1 is 1.43 bits per heavy atom. The first-order valence-corrected chi connectivity index (χ1v) is 11.2. The van der Waals surface area contributed by atoms with Gasteiger partial charge in [0.15, 0.2) is 5.16 Å². The lowest BCUT2D eigenvalue weighted by Gasteiger charge is -2.12. The molecule has 4 rings (SSSR count). The number of ether oxygens (including phenoxy) is 1. The third-order valence-corrected chi connectivity index (χ3v) is 6.38. The van der Waals surface area contributed by atoms with E-state index in [1.165, 1.54) is 23.1 Å². The molecular weight excluding hydrogens is 414 g/mol. The molecule has 144 valence electrons. The van der Waals surface area contributed by atoms with E-state index < -0.39 is 0 Å². The minimum absolute atomic E-state index is 0.0653. The summed E-state index contributed by atoms with van der Waals surface area (Å²) in [4.78, 5) is 21.8. The van der Waals surface area contributed by atoms with Crippen molar-refractivity contribution in [2.24, 2.45) is 0 Å². The van der Waals surface area contributed by atoms with Crippen LogP contribution >= 0.6 is 34.7 Å². The lowest BCUT2D eigenvalue weighted by atomic mass is 10.0. The quantitative estimate of drug-likeness (QED) is 0.471. The molecule has 5 nitrogen and oxygen atoms in total. The van der Waals surface area contributed by atoms with Gasteiger partial charge in [0.2, 0.25) is 0 Å². The number of amides is 1. The molecule has 1 aromatic carbocycles. The summed E-state index contributed by atoms with van der Waals surface area (Å²) in [7, 11) is 0. The minimum Gasteiger partial charge on any atom is -0.486 e. The molecule has 0 fully saturated rings. The first-order valence-electron chi connectivity index (χ1n) is 8.74. The van der Waals surface area contributed by atoms with Crippen molar-refractivity contribution in [1.29, 1.82) is 0 Å². The van der Waals surface area contributed by atoms with Gasteiger partial charge in [0.05, 0.1) is 22.1 Å². The van der Waals surface area contributed by atoms with Gasteiger partial charge in [-0.2, -0.15) is 0 Å². The molecule has 0 radical (unpaired) electrons. The number of carbonyl (C=O) groups excluding carboxylic acids is 1. The maximum absolute atomic E-state index is 12.3. The Labute approximate surface area is 176 Å². The number of aryl methyl sites for hydroxylation is 1. The van der Waals surface area contributed by atoms with E-state index in [-0.39, 0.29) is 12.0 Å². The zero-order valence-corrected chi connectivity index (χ0v) is 17.7. The van der Waals surface area contributed by atoms with Gasteiger partial charge in [-0.1, -0.05) is 23.4 Å². The Balaban J connectivity index is 1.48. The number of hydrogen-bond acceptors (Lipinski definition) is 6. The first-order chi connectivity index (χ1) is 13.5. The van der Waals surface area contributed by atoms with Crippen molar-refractivity contribution in [3.05, 3.63) is 56.9 Å². The Morgan fingerprint density at radius 3 is 3.04 bits per heavy atom. The fourth-order valence-electron chi connectivity index (χ4n) is 3.14. The van der Waals surface area contributed by atoms with Crippen molar-refractivity contribution in [2.45, 2.75) is 24.6 Å². The molecular formula is C20H18ClN3O2S2. The summed E-state index contributed by atoms with van der Waals surface area (Å²) in [6.45, 7) is 2.37. The summed E-state index contributed by atoms with van der Waals surface area (Å²) in [5.74, 6) is 0.625. The van der Waals surface area contributed by atoms with E-state index in [1.807, 2.05) is 36.8 Å². The normalized spacial score (nSPS) is 15.2. The summed E-state index contributed by atoms with van der Waals surface area (Å²) < 4.78 is 5.99. The van der Waals surface area contributed by atoms with Crippen molar-refractivity contribution in [3.8, 4) is 17.0 Å². The smallest absolute Gasteiger partial charge is 0.261 e. The molecule has 1 atom stereocenters. The Bertz CT molecular complexity index is 1040. The highest BCUT2D eigenvalue weighted by Crippen LogP contribution is 2.39. The van der Waals surface area contributed by atoms with Gasteiger partial charge >= 0.3 is 0 Å². The number of benzene rings is 1. The molecule has 3 heterocycles. The second-order valence-electron chi connectivity index (χ2n) is 6.46. The summed E-state index contributed by atoms with van der Waals surface area (Å²) in [5.41, 5.74) is 3.77. The van der Waals surface area contributed by atoms with Crippen molar-refractivity contribution in [2.75, 3.05) is 12.8 Å². The molecule has 1 unspecified atom stereocenters. The molecule has 1 amide bonds. The van der Waals surface area contributed by atoms with Crippen molar-refractivity contribution in [1.82, 2.24) is 15.3 Å². The van der Waals surface area contributed by atoms with E-state index >= 15 is 0 Å². The zero-order valence-electron chi connectivity index (χ0n) is 15.4. The van der Waals surface area contributed by atoms with E-state index in [1.54, 1.807) is 6.20 Å². The number of carbonyl (C=O) groups is 1. The minimum atomic E-state index is -0.140. The van der Waals surface area contributed by atoms with Crippen LogP contribution in [0.1, 0.15) is 20.8 Å². The third-order valence-electron chi connectivity index (χ3n) is 4.52. The van der Waals surface area contributed by atoms with Gasteiger partial charge in [0.1, 0.15) is 11.9 Å². The van der Waals surface area contributed by atoms with E-state index in [4.69, 9.17) is 16.3 Å². The highest BCUT2D eigenvalue weighted by atomic mass is 35.5. The topological polar surface area (TPSA) is 64.1 Å². The van der Waals surface area contributed by atoms with Gasteiger partial charge in [0, 0.05) is 23.7 Å². The number of thioether (sulfide) groups is 1.